The Morgan fingerprint density at radius 2 is 1.15 bits per heavy atom. The van der Waals surface area contributed by atoms with Crippen LogP contribution in [-0.4, -0.2) is 65.8 Å². The molecule has 0 unspecified atom stereocenters. The largest absolute Gasteiger partial charge is 1.00 e. The second-order valence-corrected chi connectivity index (χ2v) is 3.00. The van der Waals surface area contributed by atoms with Gasteiger partial charge in [-0.15, -0.1) is 0 Å². The molecule has 0 saturated heterocycles. The topological polar surface area (TPSA) is 60.7 Å². The summed E-state index contributed by atoms with van der Waals surface area (Å²) in [5.41, 5.74) is 0. The predicted octanol–water partition coefficient (Wildman–Crippen LogP) is -4.20. The molecule has 0 aliphatic heterocycles. The van der Waals surface area contributed by atoms with Crippen LogP contribution in [0.1, 0.15) is 6.92 Å². The second-order valence-electron chi connectivity index (χ2n) is 3.00. The Balaban J connectivity index is 0. The van der Waals surface area contributed by atoms with Crippen molar-refractivity contribution in [2.75, 3.05) is 46.0 Å². The Labute approximate surface area is 96.8 Å². The SMILES string of the molecule is CC[N+](CCO)(CCO)CCO.[I-]. The summed E-state index contributed by atoms with van der Waals surface area (Å²) < 4.78 is 0.601. The van der Waals surface area contributed by atoms with E-state index in [1.165, 1.54) is 0 Å². The normalized spacial score (nSPS) is 11.1. The molecule has 3 N–H and O–H groups in total. The molecule has 0 fully saturated rings. The van der Waals surface area contributed by atoms with E-state index in [2.05, 4.69) is 0 Å². The highest BCUT2D eigenvalue weighted by Crippen LogP contribution is 2.04. The van der Waals surface area contributed by atoms with E-state index in [1.54, 1.807) is 0 Å². The molecule has 5 heteroatoms. The highest BCUT2D eigenvalue weighted by molar-refractivity contribution is 4.41. The first-order chi connectivity index (χ1) is 5.74. The molecule has 0 aromatic rings. The van der Waals surface area contributed by atoms with Gasteiger partial charge >= 0.3 is 0 Å². The van der Waals surface area contributed by atoms with Crippen molar-refractivity contribution in [3.05, 3.63) is 0 Å². The van der Waals surface area contributed by atoms with Gasteiger partial charge in [-0.3, -0.25) is 0 Å². The van der Waals surface area contributed by atoms with Crippen molar-refractivity contribution in [1.82, 2.24) is 0 Å². The fourth-order valence-corrected chi connectivity index (χ4v) is 1.45. The maximum Gasteiger partial charge on any atom is 0.102 e. The highest BCUT2D eigenvalue weighted by atomic mass is 127. The van der Waals surface area contributed by atoms with Crippen LogP contribution in [0.25, 0.3) is 0 Å². The lowest BCUT2D eigenvalue weighted by Gasteiger charge is -2.36. The molecule has 0 aliphatic carbocycles. The summed E-state index contributed by atoms with van der Waals surface area (Å²) in [6.07, 6.45) is 0. The summed E-state index contributed by atoms with van der Waals surface area (Å²) in [5.74, 6) is 0. The van der Waals surface area contributed by atoms with Gasteiger partial charge in [0, 0.05) is 0 Å². The van der Waals surface area contributed by atoms with E-state index in [0.717, 1.165) is 6.54 Å². The maximum atomic E-state index is 8.81. The summed E-state index contributed by atoms with van der Waals surface area (Å²) in [5, 5.41) is 26.4. The van der Waals surface area contributed by atoms with Crippen molar-refractivity contribution in [2.45, 2.75) is 6.92 Å². The zero-order chi connectivity index (χ0) is 9.45. The molecule has 0 bridgehead atoms. The molecule has 13 heavy (non-hydrogen) atoms. The summed E-state index contributed by atoms with van der Waals surface area (Å²) in [6, 6.07) is 0. The van der Waals surface area contributed by atoms with E-state index in [-0.39, 0.29) is 43.8 Å². The van der Waals surface area contributed by atoms with Gasteiger partial charge in [-0.25, -0.2) is 0 Å². The summed E-state index contributed by atoms with van der Waals surface area (Å²) in [6.45, 7) is 4.98. The molecular formula is C8H20INO3. The quantitative estimate of drug-likeness (QED) is 0.330. The molecule has 0 atom stereocenters. The lowest BCUT2D eigenvalue weighted by atomic mass is 10.3. The predicted molar refractivity (Wildman–Crippen MR) is 46.7 cm³/mol. The van der Waals surface area contributed by atoms with Gasteiger partial charge < -0.3 is 43.8 Å². The number of hydrogen-bond acceptors (Lipinski definition) is 3. The first-order valence-corrected chi connectivity index (χ1v) is 4.42. The van der Waals surface area contributed by atoms with E-state index < -0.39 is 0 Å². The molecule has 0 rings (SSSR count). The Morgan fingerprint density at radius 1 is 0.846 bits per heavy atom. The van der Waals surface area contributed by atoms with Crippen LogP contribution in [0.15, 0.2) is 0 Å². The van der Waals surface area contributed by atoms with Crippen LogP contribution in [0.5, 0.6) is 0 Å². The number of hydrogen-bond donors (Lipinski definition) is 3. The van der Waals surface area contributed by atoms with Crippen LogP contribution < -0.4 is 24.0 Å². The Kier molecular flexibility index (Phi) is 11.3. The van der Waals surface area contributed by atoms with Gasteiger partial charge in [0.15, 0.2) is 0 Å². The minimum absolute atomic E-state index is 0. The number of likely N-dealkylation sites (N-methyl/N-ethyl adjacent to an activating group) is 1. The summed E-state index contributed by atoms with van der Waals surface area (Å²) in [7, 11) is 0. The molecule has 0 aromatic heterocycles. The van der Waals surface area contributed by atoms with Gasteiger partial charge in [0.1, 0.15) is 19.6 Å². The third kappa shape index (κ3) is 5.79. The molecular weight excluding hydrogens is 285 g/mol. The zero-order valence-corrected chi connectivity index (χ0v) is 10.3. The Bertz CT molecular complexity index is 96.5. The zero-order valence-electron chi connectivity index (χ0n) is 8.12. The van der Waals surface area contributed by atoms with E-state index in [0.29, 0.717) is 24.1 Å². The van der Waals surface area contributed by atoms with Gasteiger partial charge in [-0.2, -0.15) is 0 Å². The van der Waals surface area contributed by atoms with Crippen molar-refractivity contribution in [2.24, 2.45) is 0 Å². The number of rotatable bonds is 7. The first-order valence-electron chi connectivity index (χ1n) is 4.42. The fourth-order valence-electron chi connectivity index (χ4n) is 1.45. The van der Waals surface area contributed by atoms with Crippen LogP contribution >= 0.6 is 0 Å². The minimum Gasteiger partial charge on any atom is -1.00 e. The molecule has 0 heterocycles. The van der Waals surface area contributed by atoms with Crippen LogP contribution in [0.2, 0.25) is 0 Å². The number of halogens is 1. The van der Waals surface area contributed by atoms with Crippen LogP contribution in [0, 0.1) is 0 Å². The van der Waals surface area contributed by atoms with Crippen molar-refractivity contribution in [3.63, 3.8) is 0 Å². The number of aliphatic hydroxyl groups is 3. The van der Waals surface area contributed by atoms with Gasteiger partial charge in [0.25, 0.3) is 0 Å². The van der Waals surface area contributed by atoms with Crippen LogP contribution in [-0.2, 0) is 0 Å². The van der Waals surface area contributed by atoms with Crippen LogP contribution in [0.3, 0.4) is 0 Å². The lowest BCUT2D eigenvalue weighted by molar-refractivity contribution is -0.927. The third-order valence-electron chi connectivity index (χ3n) is 2.39. The molecule has 82 valence electrons. The smallest absolute Gasteiger partial charge is 0.102 e. The number of nitrogens with zero attached hydrogens (tertiary/aromatic N) is 1. The van der Waals surface area contributed by atoms with E-state index in [9.17, 15) is 0 Å². The summed E-state index contributed by atoms with van der Waals surface area (Å²) >= 11 is 0. The monoisotopic (exact) mass is 305 g/mol. The van der Waals surface area contributed by atoms with Crippen molar-refractivity contribution in [3.8, 4) is 0 Å². The van der Waals surface area contributed by atoms with Gasteiger partial charge in [-0.05, 0) is 6.92 Å². The Morgan fingerprint density at radius 3 is 1.31 bits per heavy atom. The maximum absolute atomic E-state index is 8.81. The van der Waals surface area contributed by atoms with Crippen molar-refractivity contribution >= 4 is 0 Å². The minimum atomic E-state index is 0. The van der Waals surface area contributed by atoms with Crippen molar-refractivity contribution < 1.29 is 43.8 Å². The van der Waals surface area contributed by atoms with Crippen molar-refractivity contribution in [1.29, 1.82) is 0 Å². The second kappa shape index (κ2) is 9.14. The number of quaternary nitrogens is 1. The fraction of sp³-hybridized carbons (Fsp3) is 1.00. The standard InChI is InChI=1S/C8H20NO3.HI/c1-2-9(3-6-10,4-7-11)5-8-12;/h10-12H,2-8H2,1H3;1H/q+1;/p-1. The first kappa shape index (κ1) is 16.0. The Hall–Kier alpha value is 0.570. The summed E-state index contributed by atoms with van der Waals surface area (Å²) in [4.78, 5) is 0. The molecule has 0 amide bonds. The van der Waals surface area contributed by atoms with Gasteiger partial charge in [-0.1, -0.05) is 0 Å². The molecule has 0 radical (unpaired) electrons. The van der Waals surface area contributed by atoms with Gasteiger partial charge in [0.2, 0.25) is 0 Å². The molecule has 0 aromatic carbocycles. The number of aliphatic hydroxyl groups excluding tert-OH is 3. The molecule has 4 nitrogen and oxygen atoms in total. The average molecular weight is 305 g/mol. The molecule has 0 aliphatic rings. The third-order valence-corrected chi connectivity index (χ3v) is 2.39. The molecule has 0 spiro atoms. The highest BCUT2D eigenvalue weighted by Gasteiger charge is 2.22. The van der Waals surface area contributed by atoms with Crippen LogP contribution in [0.4, 0.5) is 0 Å². The lowest BCUT2D eigenvalue weighted by Crippen LogP contribution is -3.00. The van der Waals surface area contributed by atoms with E-state index in [1.807, 2.05) is 6.92 Å². The average Bonchev–Trinajstić information content (AvgIpc) is 2.06. The van der Waals surface area contributed by atoms with E-state index in [4.69, 9.17) is 15.3 Å². The molecule has 0 saturated carbocycles. The van der Waals surface area contributed by atoms with E-state index >= 15 is 0 Å². The van der Waals surface area contributed by atoms with Gasteiger partial charge in [0.05, 0.1) is 26.4 Å².